The highest BCUT2D eigenvalue weighted by molar-refractivity contribution is 5.23. The van der Waals surface area contributed by atoms with Crippen molar-refractivity contribution in [3.05, 3.63) is 35.4 Å². The maximum Gasteiger partial charge on any atom is 0.0234 e. The summed E-state index contributed by atoms with van der Waals surface area (Å²) in [6, 6.07) is 8.92. The van der Waals surface area contributed by atoms with Crippen LogP contribution < -0.4 is 5.32 Å². The van der Waals surface area contributed by atoms with Crippen LogP contribution in [-0.4, -0.2) is 25.0 Å². The van der Waals surface area contributed by atoms with Gasteiger partial charge in [0.2, 0.25) is 0 Å². The Morgan fingerprint density at radius 1 is 1.29 bits per heavy atom. The lowest BCUT2D eigenvalue weighted by Crippen LogP contribution is -2.22. The van der Waals surface area contributed by atoms with Gasteiger partial charge in [0.1, 0.15) is 0 Å². The Labute approximate surface area is 105 Å². The Hall–Kier alpha value is -0.860. The van der Waals surface area contributed by atoms with E-state index < -0.39 is 0 Å². The normalized spacial score (nSPS) is 19.7. The average molecular weight is 232 g/mol. The van der Waals surface area contributed by atoms with Crippen LogP contribution >= 0.6 is 0 Å². The van der Waals surface area contributed by atoms with Crippen molar-refractivity contribution < 1.29 is 0 Å². The highest BCUT2D eigenvalue weighted by Gasteiger charge is 2.28. The van der Waals surface area contributed by atoms with Crippen LogP contribution in [0.25, 0.3) is 0 Å². The summed E-state index contributed by atoms with van der Waals surface area (Å²) >= 11 is 0. The lowest BCUT2D eigenvalue weighted by molar-refractivity contribution is 0.284. The molecule has 1 N–H and O–H groups in total. The molecule has 1 aromatic rings. The third-order valence-electron chi connectivity index (χ3n) is 3.53. The molecule has 0 amide bonds. The molecule has 0 aliphatic carbocycles. The Bertz CT molecular complexity index is 371. The molecule has 0 bridgehead atoms. The molecule has 1 aliphatic rings. The number of nitrogens with zero attached hydrogens (tertiary/aromatic N) is 1. The van der Waals surface area contributed by atoms with Gasteiger partial charge in [0.05, 0.1) is 0 Å². The Morgan fingerprint density at radius 2 is 2.06 bits per heavy atom. The fourth-order valence-electron chi connectivity index (χ4n) is 2.66. The van der Waals surface area contributed by atoms with Crippen molar-refractivity contribution in [1.29, 1.82) is 0 Å². The molecule has 2 nitrogen and oxygen atoms in total. The Balaban J connectivity index is 1.97. The predicted octanol–water partition coefficient (Wildman–Crippen LogP) is 2.64. The Kier molecular flexibility index (Phi) is 3.85. The van der Waals surface area contributed by atoms with Gasteiger partial charge in [0, 0.05) is 19.6 Å². The van der Waals surface area contributed by atoms with Crippen LogP contribution in [0, 0.1) is 5.41 Å². The molecule has 94 valence electrons. The van der Waals surface area contributed by atoms with Crippen LogP contribution in [0.4, 0.5) is 0 Å². The summed E-state index contributed by atoms with van der Waals surface area (Å²) in [5.41, 5.74) is 3.32. The van der Waals surface area contributed by atoms with Crippen LogP contribution in [0.1, 0.15) is 31.4 Å². The van der Waals surface area contributed by atoms with Crippen LogP contribution in [0.15, 0.2) is 24.3 Å². The molecule has 0 unspecified atom stereocenters. The number of benzene rings is 1. The minimum absolute atomic E-state index is 0.503. The molecule has 0 spiro atoms. The van der Waals surface area contributed by atoms with E-state index in [-0.39, 0.29) is 0 Å². The molecule has 17 heavy (non-hydrogen) atoms. The highest BCUT2D eigenvalue weighted by Crippen LogP contribution is 2.29. The van der Waals surface area contributed by atoms with Crippen molar-refractivity contribution in [2.45, 2.75) is 33.4 Å². The second-order valence-corrected chi connectivity index (χ2v) is 5.98. The van der Waals surface area contributed by atoms with Crippen molar-refractivity contribution in [3.8, 4) is 0 Å². The smallest absolute Gasteiger partial charge is 0.0234 e. The van der Waals surface area contributed by atoms with E-state index in [1.165, 1.54) is 30.6 Å². The van der Waals surface area contributed by atoms with Crippen LogP contribution in [0.2, 0.25) is 0 Å². The number of likely N-dealkylation sites (tertiary alicyclic amines) is 1. The molecule has 1 aliphatic heterocycles. The SMILES string of the molecule is CNCc1cccc(CN2CCC(C)(C)C2)c1. The second kappa shape index (κ2) is 5.19. The minimum Gasteiger partial charge on any atom is -0.316 e. The summed E-state index contributed by atoms with van der Waals surface area (Å²) in [5.74, 6) is 0. The van der Waals surface area contributed by atoms with Crippen LogP contribution in [0.5, 0.6) is 0 Å². The van der Waals surface area contributed by atoms with Crippen molar-refractivity contribution in [2.75, 3.05) is 20.1 Å². The van der Waals surface area contributed by atoms with E-state index in [0.29, 0.717) is 5.41 Å². The Morgan fingerprint density at radius 3 is 2.71 bits per heavy atom. The first kappa shape index (κ1) is 12.6. The second-order valence-electron chi connectivity index (χ2n) is 5.98. The fraction of sp³-hybridized carbons (Fsp3) is 0.600. The van der Waals surface area contributed by atoms with Crippen molar-refractivity contribution in [1.82, 2.24) is 10.2 Å². The molecule has 1 fully saturated rings. The van der Waals surface area contributed by atoms with Gasteiger partial charge in [-0.05, 0) is 36.6 Å². The zero-order valence-corrected chi connectivity index (χ0v) is 11.3. The molecule has 0 aromatic heterocycles. The zero-order chi connectivity index (χ0) is 12.3. The van der Waals surface area contributed by atoms with Gasteiger partial charge in [-0.25, -0.2) is 0 Å². The van der Waals surface area contributed by atoms with E-state index in [9.17, 15) is 0 Å². The lowest BCUT2D eigenvalue weighted by Gasteiger charge is -2.19. The monoisotopic (exact) mass is 232 g/mol. The van der Waals surface area contributed by atoms with E-state index in [2.05, 4.69) is 48.3 Å². The largest absolute Gasteiger partial charge is 0.316 e. The first-order chi connectivity index (χ1) is 8.09. The van der Waals surface area contributed by atoms with Crippen LogP contribution in [0.3, 0.4) is 0 Å². The van der Waals surface area contributed by atoms with Gasteiger partial charge in [0.25, 0.3) is 0 Å². The third kappa shape index (κ3) is 3.55. The highest BCUT2D eigenvalue weighted by atomic mass is 15.1. The molecular weight excluding hydrogens is 208 g/mol. The van der Waals surface area contributed by atoms with E-state index in [0.717, 1.165) is 13.1 Å². The molecule has 1 heterocycles. The maximum atomic E-state index is 3.20. The molecule has 2 heteroatoms. The van der Waals surface area contributed by atoms with E-state index in [4.69, 9.17) is 0 Å². The summed E-state index contributed by atoms with van der Waals surface area (Å²) in [7, 11) is 2.00. The van der Waals surface area contributed by atoms with E-state index in [1.807, 2.05) is 7.05 Å². The predicted molar refractivity (Wildman–Crippen MR) is 72.9 cm³/mol. The van der Waals surface area contributed by atoms with Crippen molar-refractivity contribution in [3.63, 3.8) is 0 Å². The summed E-state index contributed by atoms with van der Waals surface area (Å²) in [6.45, 7) is 9.25. The van der Waals surface area contributed by atoms with Gasteiger partial charge in [-0.1, -0.05) is 38.1 Å². The van der Waals surface area contributed by atoms with Gasteiger partial charge in [-0.15, -0.1) is 0 Å². The third-order valence-corrected chi connectivity index (χ3v) is 3.53. The number of hydrogen-bond acceptors (Lipinski definition) is 2. The molecule has 0 saturated carbocycles. The molecule has 1 aromatic carbocycles. The van der Waals surface area contributed by atoms with Gasteiger partial charge in [-0.3, -0.25) is 4.90 Å². The van der Waals surface area contributed by atoms with Gasteiger partial charge in [0.15, 0.2) is 0 Å². The minimum atomic E-state index is 0.503. The maximum absolute atomic E-state index is 3.20. The summed E-state index contributed by atoms with van der Waals surface area (Å²) in [5, 5.41) is 3.20. The standard InChI is InChI=1S/C15H24N2/c1-15(2)7-8-17(12-15)11-14-6-4-5-13(9-14)10-16-3/h4-6,9,16H,7-8,10-12H2,1-3H3. The first-order valence-corrected chi connectivity index (χ1v) is 6.54. The zero-order valence-electron chi connectivity index (χ0n) is 11.3. The van der Waals surface area contributed by atoms with E-state index >= 15 is 0 Å². The average Bonchev–Trinajstić information content (AvgIpc) is 2.59. The first-order valence-electron chi connectivity index (χ1n) is 6.54. The fourth-order valence-corrected chi connectivity index (χ4v) is 2.66. The van der Waals surface area contributed by atoms with Gasteiger partial charge >= 0.3 is 0 Å². The van der Waals surface area contributed by atoms with Crippen LogP contribution in [-0.2, 0) is 13.1 Å². The number of nitrogens with one attached hydrogen (secondary N) is 1. The molecule has 0 atom stereocenters. The van der Waals surface area contributed by atoms with Crippen molar-refractivity contribution >= 4 is 0 Å². The summed E-state index contributed by atoms with van der Waals surface area (Å²) < 4.78 is 0. The van der Waals surface area contributed by atoms with Gasteiger partial charge < -0.3 is 5.32 Å². The quantitative estimate of drug-likeness (QED) is 0.858. The summed E-state index contributed by atoms with van der Waals surface area (Å²) in [4.78, 5) is 2.57. The van der Waals surface area contributed by atoms with Gasteiger partial charge in [-0.2, -0.15) is 0 Å². The molecule has 0 radical (unpaired) electrons. The molecule has 2 rings (SSSR count). The number of hydrogen-bond donors (Lipinski definition) is 1. The van der Waals surface area contributed by atoms with Crippen molar-refractivity contribution in [2.24, 2.45) is 5.41 Å². The molecule has 1 saturated heterocycles. The topological polar surface area (TPSA) is 15.3 Å². The molecular formula is C15H24N2. The number of rotatable bonds is 4. The summed E-state index contributed by atoms with van der Waals surface area (Å²) in [6.07, 6.45) is 1.32. The lowest BCUT2D eigenvalue weighted by atomic mass is 9.93. The van der Waals surface area contributed by atoms with E-state index in [1.54, 1.807) is 0 Å².